The number of aryl methyl sites for hydroxylation is 1. The quantitative estimate of drug-likeness (QED) is 0.213. The summed E-state index contributed by atoms with van der Waals surface area (Å²) < 4.78 is 18.2. The minimum atomic E-state index is -0.447. The number of thiocarbonyl (C=S) groups is 1. The zero-order chi connectivity index (χ0) is 24.5. The van der Waals surface area contributed by atoms with E-state index in [9.17, 15) is 14.0 Å². The molecular formula is C24H24FN3O3S3. The van der Waals surface area contributed by atoms with Crippen LogP contribution >= 0.6 is 35.3 Å². The lowest BCUT2D eigenvalue weighted by molar-refractivity contribution is -0.119. The Morgan fingerprint density at radius 3 is 2.47 bits per heavy atom. The van der Waals surface area contributed by atoms with Crippen LogP contribution in [0.25, 0.3) is 11.1 Å². The van der Waals surface area contributed by atoms with E-state index in [1.807, 2.05) is 37.3 Å². The Balaban J connectivity index is 1.60. The van der Waals surface area contributed by atoms with Gasteiger partial charge in [-0.05, 0) is 49.3 Å². The van der Waals surface area contributed by atoms with Gasteiger partial charge in [0.25, 0.3) is 0 Å². The van der Waals surface area contributed by atoms with Gasteiger partial charge in [0, 0.05) is 16.2 Å². The number of halogens is 1. The summed E-state index contributed by atoms with van der Waals surface area (Å²) in [4.78, 5) is 25.8. The van der Waals surface area contributed by atoms with Crippen molar-refractivity contribution in [3.63, 3.8) is 0 Å². The van der Waals surface area contributed by atoms with Crippen LogP contribution < -0.4 is 16.2 Å². The Labute approximate surface area is 211 Å². The van der Waals surface area contributed by atoms with Crippen molar-refractivity contribution in [3.8, 4) is 11.1 Å². The first-order valence-corrected chi connectivity index (χ1v) is 12.8. The maximum Gasteiger partial charge on any atom is 0.341 e. The van der Waals surface area contributed by atoms with Crippen LogP contribution in [0.2, 0.25) is 0 Å². The van der Waals surface area contributed by atoms with E-state index in [1.165, 1.54) is 35.2 Å². The average Bonchev–Trinajstić information content (AvgIpc) is 3.15. The first-order valence-electron chi connectivity index (χ1n) is 10.4. The molecule has 0 radical (unpaired) electrons. The number of esters is 1. The van der Waals surface area contributed by atoms with Crippen molar-refractivity contribution in [3.05, 3.63) is 76.4 Å². The summed E-state index contributed by atoms with van der Waals surface area (Å²) >= 11 is 8.09. The molecule has 2 aromatic carbocycles. The highest BCUT2D eigenvalue weighted by Crippen LogP contribution is 2.40. The van der Waals surface area contributed by atoms with Gasteiger partial charge in [-0.2, -0.15) is 0 Å². The lowest BCUT2D eigenvalue weighted by Crippen LogP contribution is -2.44. The summed E-state index contributed by atoms with van der Waals surface area (Å²) in [6.07, 6.45) is 0. The number of thiophene rings is 1. The number of hydrogen-bond donors (Lipinski definition) is 3. The van der Waals surface area contributed by atoms with E-state index < -0.39 is 5.97 Å². The zero-order valence-corrected chi connectivity index (χ0v) is 21.1. The van der Waals surface area contributed by atoms with Gasteiger partial charge in [0.1, 0.15) is 16.4 Å². The van der Waals surface area contributed by atoms with Gasteiger partial charge in [0.15, 0.2) is 5.11 Å². The maximum atomic E-state index is 13.0. The second-order valence-electron chi connectivity index (χ2n) is 7.07. The molecule has 0 spiro atoms. The molecule has 3 rings (SSSR count). The number of thioether (sulfide) groups is 1. The van der Waals surface area contributed by atoms with Crippen molar-refractivity contribution in [1.29, 1.82) is 0 Å². The topological polar surface area (TPSA) is 79.5 Å². The highest BCUT2D eigenvalue weighted by atomic mass is 32.2. The number of hydrazine groups is 1. The number of anilines is 1. The predicted octanol–water partition coefficient (Wildman–Crippen LogP) is 5.29. The Hall–Kier alpha value is -2.95. The molecule has 178 valence electrons. The van der Waals surface area contributed by atoms with Crippen LogP contribution in [0, 0.1) is 12.7 Å². The predicted molar refractivity (Wildman–Crippen MR) is 141 cm³/mol. The molecule has 6 nitrogen and oxygen atoms in total. The third-order valence-electron chi connectivity index (χ3n) is 4.58. The van der Waals surface area contributed by atoms with Gasteiger partial charge in [-0.25, -0.2) is 9.18 Å². The molecule has 0 bridgehead atoms. The smallest absolute Gasteiger partial charge is 0.341 e. The minimum Gasteiger partial charge on any atom is -0.462 e. The van der Waals surface area contributed by atoms with Crippen molar-refractivity contribution < 1.29 is 18.7 Å². The molecule has 0 aliphatic heterocycles. The fraction of sp³-hybridized carbons (Fsp3) is 0.208. The lowest BCUT2D eigenvalue weighted by atomic mass is 10.0. The van der Waals surface area contributed by atoms with E-state index in [0.717, 1.165) is 21.6 Å². The van der Waals surface area contributed by atoms with Crippen LogP contribution in [0.1, 0.15) is 27.7 Å². The van der Waals surface area contributed by atoms with Crippen LogP contribution in [-0.4, -0.2) is 29.3 Å². The lowest BCUT2D eigenvalue weighted by Gasteiger charge is -2.12. The number of rotatable bonds is 8. The molecule has 1 heterocycles. The molecule has 34 heavy (non-hydrogen) atoms. The van der Waals surface area contributed by atoms with Crippen molar-refractivity contribution in [2.45, 2.75) is 19.6 Å². The maximum absolute atomic E-state index is 13.0. The number of carbonyl (C=O) groups excluding carboxylic acids is 2. The number of hydrogen-bond acceptors (Lipinski definition) is 6. The standard InChI is InChI=1S/C24H24FN3O3S3/c1-3-31-23(30)21-20(17-7-5-4-6-8-17)15(2)34-22(21)26-24(32)28-27-19(29)14-33-13-16-9-11-18(25)12-10-16/h4-12H,3,13-14H2,1-2H3,(H,27,29)(H2,26,28,32). The molecule has 1 amide bonds. The van der Waals surface area contributed by atoms with E-state index in [1.54, 1.807) is 19.1 Å². The second kappa shape index (κ2) is 12.5. The number of carbonyl (C=O) groups is 2. The van der Waals surface area contributed by atoms with Crippen LogP contribution in [0.3, 0.4) is 0 Å². The second-order valence-corrected chi connectivity index (χ2v) is 9.69. The Morgan fingerprint density at radius 1 is 1.09 bits per heavy atom. The summed E-state index contributed by atoms with van der Waals surface area (Å²) in [6.45, 7) is 3.93. The molecule has 3 N–H and O–H groups in total. The van der Waals surface area contributed by atoms with Gasteiger partial charge in [0.2, 0.25) is 5.91 Å². The fourth-order valence-corrected chi connectivity index (χ4v) is 5.20. The van der Waals surface area contributed by atoms with Crippen molar-refractivity contribution in [2.75, 3.05) is 17.7 Å². The van der Waals surface area contributed by atoms with E-state index >= 15 is 0 Å². The molecule has 10 heteroatoms. The monoisotopic (exact) mass is 517 g/mol. The summed E-state index contributed by atoms with van der Waals surface area (Å²) in [6, 6.07) is 15.7. The molecular weight excluding hydrogens is 493 g/mol. The SMILES string of the molecule is CCOC(=O)c1c(NC(=S)NNC(=O)CSCc2ccc(F)cc2)sc(C)c1-c1ccccc1. The summed E-state index contributed by atoms with van der Waals surface area (Å²) in [5, 5.41) is 3.68. The molecule has 3 aromatic rings. The normalized spacial score (nSPS) is 10.4. The fourth-order valence-electron chi connectivity index (χ4n) is 3.12. The summed E-state index contributed by atoms with van der Waals surface area (Å²) in [5.41, 5.74) is 8.23. The molecule has 0 aliphatic carbocycles. The van der Waals surface area contributed by atoms with Gasteiger partial charge in [-0.3, -0.25) is 15.6 Å². The van der Waals surface area contributed by atoms with Crippen molar-refractivity contribution in [2.24, 2.45) is 0 Å². The van der Waals surface area contributed by atoms with E-state index in [4.69, 9.17) is 17.0 Å². The van der Waals surface area contributed by atoms with Gasteiger partial charge in [-0.15, -0.1) is 23.1 Å². The van der Waals surface area contributed by atoms with E-state index in [-0.39, 0.29) is 29.2 Å². The molecule has 1 aromatic heterocycles. The third kappa shape index (κ3) is 7.02. The zero-order valence-electron chi connectivity index (χ0n) is 18.6. The van der Waals surface area contributed by atoms with E-state index in [0.29, 0.717) is 16.3 Å². The first kappa shape index (κ1) is 25.7. The largest absolute Gasteiger partial charge is 0.462 e. The minimum absolute atomic E-state index is 0.142. The Kier molecular flexibility index (Phi) is 9.43. The Bertz CT molecular complexity index is 1150. The van der Waals surface area contributed by atoms with Crippen LogP contribution in [0.5, 0.6) is 0 Å². The first-order chi connectivity index (χ1) is 16.4. The third-order valence-corrected chi connectivity index (χ3v) is 6.81. The highest BCUT2D eigenvalue weighted by Gasteiger charge is 2.25. The molecule has 0 aliphatic rings. The summed E-state index contributed by atoms with van der Waals surface area (Å²) in [5.74, 6) is -0.237. The molecule has 0 unspecified atom stereocenters. The van der Waals surface area contributed by atoms with Crippen LogP contribution in [0.4, 0.5) is 9.39 Å². The van der Waals surface area contributed by atoms with Gasteiger partial charge < -0.3 is 10.1 Å². The van der Waals surface area contributed by atoms with E-state index in [2.05, 4.69) is 16.2 Å². The molecule has 0 atom stereocenters. The molecule has 0 saturated carbocycles. The van der Waals surface area contributed by atoms with Crippen LogP contribution in [-0.2, 0) is 15.3 Å². The van der Waals surface area contributed by atoms with Crippen molar-refractivity contribution in [1.82, 2.24) is 10.9 Å². The van der Waals surface area contributed by atoms with Crippen molar-refractivity contribution >= 4 is 57.3 Å². The van der Waals surface area contributed by atoms with Gasteiger partial charge in [-0.1, -0.05) is 42.5 Å². The molecule has 0 saturated heterocycles. The number of ether oxygens (including phenoxy) is 1. The number of nitrogens with one attached hydrogen (secondary N) is 3. The number of amides is 1. The average molecular weight is 518 g/mol. The molecule has 0 fully saturated rings. The van der Waals surface area contributed by atoms with Gasteiger partial charge in [0.05, 0.1) is 12.4 Å². The highest BCUT2D eigenvalue weighted by molar-refractivity contribution is 7.99. The Morgan fingerprint density at radius 2 is 1.79 bits per heavy atom. The summed E-state index contributed by atoms with van der Waals surface area (Å²) in [7, 11) is 0. The number of benzene rings is 2. The van der Waals surface area contributed by atoms with Crippen LogP contribution in [0.15, 0.2) is 54.6 Å². The van der Waals surface area contributed by atoms with Gasteiger partial charge >= 0.3 is 5.97 Å².